The second-order valence-corrected chi connectivity index (χ2v) is 6.71. The molecule has 0 spiro atoms. The van der Waals surface area contributed by atoms with Crippen LogP contribution >= 0.6 is 22.6 Å². The number of nitrogens with zero attached hydrogens (tertiary/aromatic N) is 1. The summed E-state index contributed by atoms with van der Waals surface area (Å²) in [6.45, 7) is 0. The minimum Gasteiger partial charge on any atom is -0.279 e. The van der Waals surface area contributed by atoms with Gasteiger partial charge in [-0.15, -0.1) is 0 Å². The van der Waals surface area contributed by atoms with Crippen LogP contribution in [-0.4, -0.2) is 8.42 Å². The molecule has 4 nitrogen and oxygen atoms in total. The summed E-state index contributed by atoms with van der Waals surface area (Å²) in [7, 11) is -3.76. The molecule has 2 aromatic carbocycles. The van der Waals surface area contributed by atoms with E-state index < -0.39 is 15.8 Å². The molecule has 20 heavy (non-hydrogen) atoms. The molecule has 0 aliphatic heterocycles. The third-order valence-corrected chi connectivity index (χ3v) is 4.74. The van der Waals surface area contributed by atoms with Gasteiger partial charge in [-0.25, -0.2) is 12.8 Å². The number of hydrogen-bond acceptors (Lipinski definition) is 3. The Balaban J connectivity index is 2.33. The van der Waals surface area contributed by atoms with Gasteiger partial charge >= 0.3 is 0 Å². The van der Waals surface area contributed by atoms with Crippen LogP contribution in [0.4, 0.5) is 10.1 Å². The number of rotatable bonds is 3. The average molecular weight is 402 g/mol. The Bertz CT molecular complexity index is 783. The average Bonchev–Trinajstić information content (AvgIpc) is 2.42. The fourth-order valence-corrected chi connectivity index (χ4v) is 3.36. The minimum absolute atomic E-state index is 0.0385. The summed E-state index contributed by atoms with van der Waals surface area (Å²) in [4.78, 5) is 0.0385. The van der Waals surface area contributed by atoms with Crippen molar-refractivity contribution in [2.24, 2.45) is 0 Å². The van der Waals surface area contributed by atoms with E-state index in [1.807, 2.05) is 28.7 Å². The fraction of sp³-hybridized carbons (Fsp3) is 0. The standard InChI is InChI=1S/C13H8FIN2O2S/c14-10-3-6-13(12(15)7-10)17-20(18,19)11-4-1-9(8-16)2-5-11/h1-7,17H. The van der Waals surface area contributed by atoms with Crippen molar-refractivity contribution in [3.05, 3.63) is 57.4 Å². The van der Waals surface area contributed by atoms with E-state index in [0.717, 1.165) is 0 Å². The first-order valence-electron chi connectivity index (χ1n) is 5.40. The largest absolute Gasteiger partial charge is 0.279 e. The van der Waals surface area contributed by atoms with E-state index in [2.05, 4.69) is 4.72 Å². The number of benzene rings is 2. The Morgan fingerprint density at radius 1 is 1.15 bits per heavy atom. The molecule has 0 aromatic heterocycles. The SMILES string of the molecule is N#Cc1ccc(S(=O)(=O)Nc2ccc(F)cc2I)cc1. The van der Waals surface area contributed by atoms with Crippen molar-refractivity contribution in [2.75, 3.05) is 4.72 Å². The summed E-state index contributed by atoms with van der Waals surface area (Å²) in [5.41, 5.74) is 0.677. The Hall–Kier alpha value is -1.66. The van der Waals surface area contributed by atoms with Crippen LogP contribution in [0, 0.1) is 20.7 Å². The molecule has 2 rings (SSSR count). The molecule has 0 radical (unpaired) electrons. The lowest BCUT2D eigenvalue weighted by Gasteiger charge is -2.09. The summed E-state index contributed by atoms with van der Waals surface area (Å²) >= 11 is 1.85. The van der Waals surface area contributed by atoms with Crippen molar-refractivity contribution in [2.45, 2.75) is 4.90 Å². The first kappa shape index (κ1) is 14.7. The lowest BCUT2D eigenvalue weighted by atomic mass is 10.2. The molecule has 1 N–H and O–H groups in total. The fourth-order valence-electron chi connectivity index (χ4n) is 1.48. The quantitative estimate of drug-likeness (QED) is 0.803. The van der Waals surface area contributed by atoms with Crippen molar-refractivity contribution < 1.29 is 12.8 Å². The van der Waals surface area contributed by atoms with E-state index in [9.17, 15) is 12.8 Å². The first-order chi connectivity index (χ1) is 9.42. The van der Waals surface area contributed by atoms with Crippen LogP contribution in [0.1, 0.15) is 5.56 Å². The molecular weight excluding hydrogens is 394 g/mol. The molecule has 0 saturated heterocycles. The maximum Gasteiger partial charge on any atom is 0.261 e. The minimum atomic E-state index is -3.76. The second kappa shape index (κ2) is 5.76. The monoisotopic (exact) mass is 402 g/mol. The Labute approximate surface area is 129 Å². The number of halogens is 2. The van der Waals surface area contributed by atoms with Crippen molar-refractivity contribution in [3.8, 4) is 6.07 Å². The van der Waals surface area contributed by atoms with Crippen LogP contribution in [-0.2, 0) is 10.0 Å². The highest BCUT2D eigenvalue weighted by Gasteiger charge is 2.15. The van der Waals surface area contributed by atoms with Gasteiger partial charge in [-0.3, -0.25) is 4.72 Å². The molecule has 0 fully saturated rings. The van der Waals surface area contributed by atoms with Gasteiger partial charge in [0.25, 0.3) is 10.0 Å². The summed E-state index contributed by atoms with van der Waals surface area (Å²) in [5.74, 6) is -0.435. The van der Waals surface area contributed by atoms with Gasteiger partial charge in [-0.05, 0) is 65.1 Å². The first-order valence-corrected chi connectivity index (χ1v) is 7.96. The zero-order chi connectivity index (χ0) is 14.8. The predicted molar refractivity (Wildman–Crippen MR) is 81.1 cm³/mol. The molecule has 2 aromatic rings. The summed E-state index contributed by atoms with van der Waals surface area (Å²) in [6.07, 6.45) is 0. The topological polar surface area (TPSA) is 70.0 Å². The molecule has 7 heteroatoms. The van der Waals surface area contributed by atoms with E-state index in [1.54, 1.807) is 0 Å². The molecule has 0 aliphatic rings. The highest BCUT2D eigenvalue weighted by Crippen LogP contribution is 2.22. The Kier molecular flexibility index (Phi) is 4.25. The maximum atomic E-state index is 13.0. The van der Waals surface area contributed by atoms with Crippen molar-refractivity contribution >= 4 is 38.3 Å². The third kappa shape index (κ3) is 3.26. The van der Waals surface area contributed by atoms with Crippen LogP contribution in [0.25, 0.3) is 0 Å². The number of nitriles is 1. The van der Waals surface area contributed by atoms with Gasteiger partial charge in [0, 0.05) is 3.57 Å². The zero-order valence-electron chi connectivity index (χ0n) is 9.97. The molecule has 0 amide bonds. The number of nitrogens with one attached hydrogen (secondary N) is 1. The van der Waals surface area contributed by atoms with Gasteiger partial charge < -0.3 is 0 Å². The lowest BCUT2D eigenvalue weighted by molar-refractivity contribution is 0.601. The Morgan fingerprint density at radius 2 is 1.80 bits per heavy atom. The van der Waals surface area contributed by atoms with E-state index in [0.29, 0.717) is 14.8 Å². The van der Waals surface area contributed by atoms with Gasteiger partial charge in [0.2, 0.25) is 0 Å². The lowest BCUT2D eigenvalue weighted by Crippen LogP contribution is -2.13. The van der Waals surface area contributed by atoms with Gasteiger partial charge in [0.1, 0.15) is 5.82 Å². The molecule has 102 valence electrons. The molecule has 0 unspecified atom stereocenters. The van der Waals surface area contributed by atoms with Crippen LogP contribution in [0.3, 0.4) is 0 Å². The van der Waals surface area contributed by atoms with Gasteiger partial charge in [-0.2, -0.15) is 5.26 Å². The Morgan fingerprint density at radius 3 is 2.35 bits per heavy atom. The summed E-state index contributed by atoms with van der Waals surface area (Å²) < 4.78 is 40.1. The van der Waals surface area contributed by atoms with Crippen LogP contribution in [0.15, 0.2) is 47.4 Å². The van der Waals surface area contributed by atoms with Gasteiger partial charge in [0.05, 0.1) is 22.2 Å². The highest BCUT2D eigenvalue weighted by molar-refractivity contribution is 14.1. The summed E-state index contributed by atoms with van der Waals surface area (Å²) in [5, 5.41) is 8.68. The van der Waals surface area contributed by atoms with Crippen molar-refractivity contribution in [3.63, 3.8) is 0 Å². The van der Waals surface area contributed by atoms with Crippen LogP contribution < -0.4 is 4.72 Å². The van der Waals surface area contributed by atoms with E-state index in [1.165, 1.54) is 42.5 Å². The van der Waals surface area contributed by atoms with Gasteiger partial charge in [-0.1, -0.05) is 0 Å². The van der Waals surface area contributed by atoms with E-state index >= 15 is 0 Å². The van der Waals surface area contributed by atoms with Crippen molar-refractivity contribution in [1.82, 2.24) is 0 Å². The predicted octanol–water partition coefficient (Wildman–Crippen LogP) is 3.10. The molecule has 0 atom stereocenters. The zero-order valence-corrected chi connectivity index (χ0v) is 12.9. The van der Waals surface area contributed by atoms with Crippen LogP contribution in [0.5, 0.6) is 0 Å². The molecule has 0 heterocycles. The highest BCUT2D eigenvalue weighted by atomic mass is 127. The molecule has 0 bridgehead atoms. The van der Waals surface area contributed by atoms with Gasteiger partial charge in [0.15, 0.2) is 0 Å². The van der Waals surface area contributed by atoms with E-state index in [-0.39, 0.29) is 4.90 Å². The summed E-state index contributed by atoms with van der Waals surface area (Å²) in [6, 6.07) is 11.2. The molecule has 0 aliphatic carbocycles. The number of hydrogen-bond donors (Lipinski definition) is 1. The maximum absolute atomic E-state index is 13.0. The van der Waals surface area contributed by atoms with E-state index in [4.69, 9.17) is 5.26 Å². The molecule has 0 saturated carbocycles. The molecular formula is C13H8FIN2O2S. The number of sulfonamides is 1. The normalized spacial score (nSPS) is 10.8. The second-order valence-electron chi connectivity index (χ2n) is 3.87. The third-order valence-electron chi connectivity index (χ3n) is 2.47. The smallest absolute Gasteiger partial charge is 0.261 e. The van der Waals surface area contributed by atoms with Crippen LogP contribution in [0.2, 0.25) is 0 Å². The number of anilines is 1. The van der Waals surface area contributed by atoms with Crippen molar-refractivity contribution in [1.29, 1.82) is 5.26 Å².